The maximum atomic E-state index is 3.74. The van der Waals surface area contributed by atoms with Crippen molar-refractivity contribution in [2.75, 3.05) is 11.9 Å². The average molecular weight is 354 g/mol. The summed E-state index contributed by atoms with van der Waals surface area (Å²) in [5, 5.41) is 8.60. The second kappa shape index (κ2) is 9.05. The summed E-state index contributed by atoms with van der Waals surface area (Å²) >= 11 is 0. The van der Waals surface area contributed by atoms with Gasteiger partial charge in [0.05, 0.1) is 0 Å². The van der Waals surface area contributed by atoms with Gasteiger partial charge in [-0.2, -0.15) is 0 Å². The average Bonchev–Trinajstić information content (AvgIpc) is 2.73. The summed E-state index contributed by atoms with van der Waals surface area (Å²) in [4.78, 5) is 0. The van der Waals surface area contributed by atoms with Crippen LogP contribution in [0.25, 0.3) is 27.6 Å². The first-order valence-corrected chi connectivity index (χ1v) is 9.62. The largest absolute Gasteiger partial charge is 0.385 e. The fraction of sp³-hybridized carbons (Fsp3) is 0.154. The zero-order valence-electron chi connectivity index (χ0n) is 16.2. The lowest BCUT2D eigenvalue weighted by atomic mass is 10.0. The molecule has 4 rings (SSSR count). The van der Waals surface area contributed by atoms with Crippen molar-refractivity contribution in [3.8, 4) is 0 Å². The van der Waals surface area contributed by atoms with Crippen LogP contribution in [0.15, 0.2) is 85.4 Å². The minimum atomic E-state index is 0.950. The molecular weight excluding hydrogens is 326 g/mol. The molecule has 1 N–H and O–H groups in total. The smallest absolute Gasteiger partial charge is 0.0419 e. The van der Waals surface area contributed by atoms with E-state index in [2.05, 4.69) is 98.5 Å². The number of benzene rings is 4. The predicted octanol–water partition coefficient (Wildman–Crippen LogP) is 7.32. The number of rotatable bonds is 4. The number of nitrogens with one attached hydrogen (secondary N) is 1. The molecule has 0 aliphatic carbocycles. The zero-order valence-corrected chi connectivity index (χ0v) is 16.2. The van der Waals surface area contributed by atoms with Crippen LogP contribution in [0, 0.1) is 0 Å². The molecule has 27 heavy (non-hydrogen) atoms. The Bertz CT molecular complexity index is 1050. The number of fused-ring (bicyclic) bond motifs is 2. The van der Waals surface area contributed by atoms with E-state index in [1.807, 2.05) is 12.1 Å². The monoisotopic (exact) mass is 353 g/mol. The molecule has 0 aliphatic heterocycles. The van der Waals surface area contributed by atoms with Crippen LogP contribution in [0.2, 0.25) is 0 Å². The third-order valence-electron chi connectivity index (χ3n) is 4.77. The maximum absolute atomic E-state index is 3.74. The van der Waals surface area contributed by atoms with Crippen LogP contribution in [-0.2, 0) is 6.42 Å². The topological polar surface area (TPSA) is 12.0 Å². The minimum absolute atomic E-state index is 0.950. The van der Waals surface area contributed by atoms with E-state index >= 15 is 0 Å². The molecule has 0 amide bonds. The van der Waals surface area contributed by atoms with E-state index in [-0.39, 0.29) is 0 Å². The van der Waals surface area contributed by atoms with E-state index < -0.39 is 0 Å². The SMILES string of the molecule is C=Cc1ccccc1CC.CCNc1cccc2cc3ccccc3cc12. The Balaban J connectivity index is 0.000000180. The molecule has 0 saturated carbocycles. The highest BCUT2D eigenvalue weighted by Crippen LogP contribution is 2.28. The van der Waals surface area contributed by atoms with E-state index in [9.17, 15) is 0 Å². The van der Waals surface area contributed by atoms with Gasteiger partial charge in [-0.05, 0) is 58.8 Å². The highest BCUT2D eigenvalue weighted by Gasteiger charge is 2.01. The van der Waals surface area contributed by atoms with Gasteiger partial charge in [0.15, 0.2) is 0 Å². The van der Waals surface area contributed by atoms with Gasteiger partial charge < -0.3 is 5.32 Å². The van der Waals surface area contributed by atoms with Crippen LogP contribution in [0.4, 0.5) is 5.69 Å². The molecule has 0 bridgehead atoms. The van der Waals surface area contributed by atoms with Crippen molar-refractivity contribution in [1.82, 2.24) is 0 Å². The van der Waals surface area contributed by atoms with Crippen molar-refractivity contribution in [2.45, 2.75) is 20.3 Å². The molecule has 0 atom stereocenters. The van der Waals surface area contributed by atoms with Crippen molar-refractivity contribution in [3.05, 3.63) is 96.6 Å². The molecule has 0 fully saturated rings. The number of aryl methyl sites for hydroxylation is 1. The highest BCUT2D eigenvalue weighted by molar-refractivity contribution is 6.03. The third kappa shape index (κ3) is 4.38. The summed E-state index contributed by atoms with van der Waals surface area (Å²) in [5.74, 6) is 0. The van der Waals surface area contributed by atoms with E-state index in [1.165, 1.54) is 38.4 Å². The van der Waals surface area contributed by atoms with Gasteiger partial charge in [0, 0.05) is 17.6 Å². The quantitative estimate of drug-likeness (QED) is 0.379. The van der Waals surface area contributed by atoms with Crippen molar-refractivity contribution in [3.63, 3.8) is 0 Å². The molecule has 0 spiro atoms. The lowest BCUT2D eigenvalue weighted by Gasteiger charge is -2.09. The van der Waals surface area contributed by atoms with Gasteiger partial charge in [-0.15, -0.1) is 0 Å². The molecular formula is C26H27N. The Morgan fingerprint density at radius 3 is 2.11 bits per heavy atom. The van der Waals surface area contributed by atoms with Crippen LogP contribution in [0.5, 0.6) is 0 Å². The molecule has 0 saturated heterocycles. The lowest BCUT2D eigenvalue weighted by Crippen LogP contribution is -1.96. The molecule has 0 radical (unpaired) electrons. The molecule has 1 heteroatoms. The van der Waals surface area contributed by atoms with Crippen molar-refractivity contribution >= 4 is 33.3 Å². The first kappa shape index (κ1) is 18.7. The summed E-state index contributed by atoms with van der Waals surface area (Å²) in [6, 6.07) is 27.8. The molecule has 1 nitrogen and oxygen atoms in total. The van der Waals surface area contributed by atoms with Crippen molar-refractivity contribution in [2.24, 2.45) is 0 Å². The van der Waals surface area contributed by atoms with E-state index in [1.54, 1.807) is 0 Å². The molecule has 0 unspecified atom stereocenters. The van der Waals surface area contributed by atoms with Gasteiger partial charge in [-0.25, -0.2) is 0 Å². The molecule has 4 aromatic carbocycles. The van der Waals surface area contributed by atoms with Gasteiger partial charge in [0.1, 0.15) is 0 Å². The Labute approximate surface area is 162 Å². The summed E-state index contributed by atoms with van der Waals surface area (Å²) in [5.41, 5.74) is 3.85. The molecule has 0 aromatic heterocycles. The number of hydrogen-bond acceptors (Lipinski definition) is 1. The minimum Gasteiger partial charge on any atom is -0.385 e. The van der Waals surface area contributed by atoms with Crippen LogP contribution in [0.3, 0.4) is 0 Å². The molecule has 4 aromatic rings. The standard InChI is InChI=1S/C16H15N.C10H12/c1-2-17-16-9-5-8-14-10-12-6-3-4-7-13(12)11-15(14)16;1-3-9-7-5-6-8-10(9)4-2/h3-11,17H,2H2,1H3;3,5-8H,1,4H2,2H3. The van der Waals surface area contributed by atoms with E-state index in [0.29, 0.717) is 0 Å². The van der Waals surface area contributed by atoms with Crippen LogP contribution in [0.1, 0.15) is 25.0 Å². The second-order valence-corrected chi connectivity index (χ2v) is 6.51. The summed E-state index contributed by atoms with van der Waals surface area (Å²) in [7, 11) is 0. The Kier molecular flexibility index (Phi) is 6.27. The van der Waals surface area contributed by atoms with Crippen molar-refractivity contribution in [1.29, 1.82) is 0 Å². The van der Waals surface area contributed by atoms with Crippen LogP contribution >= 0.6 is 0 Å². The third-order valence-corrected chi connectivity index (χ3v) is 4.77. The first-order valence-electron chi connectivity index (χ1n) is 9.62. The molecule has 0 aliphatic rings. The lowest BCUT2D eigenvalue weighted by molar-refractivity contribution is 1.13. The van der Waals surface area contributed by atoms with Gasteiger partial charge in [0.25, 0.3) is 0 Å². The Morgan fingerprint density at radius 2 is 1.44 bits per heavy atom. The van der Waals surface area contributed by atoms with Gasteiger partial charge in [-0.3, -0.25) is 0 Å². The summed E-state index contributed by atoms with van der Waals surface area (Å²) in [6.07, 6.45) is 2.99. The fourth-order valence-electron chi connectivity index (χ4n) is 3.37. The predicted molar refractivity (Wildman–Crippen MR) is 122 cm³/mol. The highest BCUT2D eigenvalue weighted by atomic mass is 14.9. The fourth-order valence-corrected chi connectivity index (χ4v) is 3.37. The Morgan fingerprint density at radius 1 is 0.778 bits per heavy atom. The van der Waals surface area contributed by atoms with Gasteiger partial charge in [0.2, 0.25) is 0 Å². The first-order chi connectivity index (χ1) is 13.3. The number of hydrogen-bond donors (Lipinski definition) is 1. The summed E-state index contributed by atoms with van der Waals surface area (Å²) in [6.45, 7) is 8.97. The maximum Gasteiger partial charge on any atom is 0.0419 e. The second-order valence-electron chi connectivity index (χ2n) is 6.51. The molecule has 136 valence electrons. The van der Waals surface area contributed by atoms with Crippen LogP contribution in [-0.4, -0.2) is 6.54 Å². The van der Waals surface area contributed by atoms with Gasteiger partial charge in [-0.1, -0.05) is 80.2 Å². The van der Waals surface area contributed by atoms with E-state index in [4.69, 9.17) is 0 Å². The van der Waals surface area contributed by atoms with Gasteiger partial charge >= 0.3 is 0 Å². The summed E-state index contributed by atoms with van der Waals surface area (Å²) < 4.78 is 0. The normalized spacial score (nSPS) is 10.3. The zero-order chi connectivity index (χ0) is 19.1. The Hall–Kier alpha value is -3.06. The van der Waals surface area contributed by atoms with Crippen molar-refractivity contribution < 1.29 is 0 Å². The number of anilines is 1. The van der Waals surface area contributed by atoms with E-state index in [0.717, 1.165) is 13.0 Å². The van der Waals surface area contributed by atoms with Crippen LogP contribution < -0.4 is 5.32 Å². The molecule has 0 heterocycles.